The van der Waals surface area contributed by atoms with Gasteiger partial charge in [0.1, 0.15) is 11.5 Å². The van der Waals surface area contributed by atoms with E-state index in [0.29, 0.717) is 35.8 Å². The molecule has 0 bridgehead atoms. The molecule has 0 saturated heterocycles. The normalized spacial score (nSPS) is 11.6. The summed E-state index contributed by atoms with van der Waals surface area (Å²) in [5.41, 5.74) is 7.05. The average molecular weight is 516 g/mol. The van der Waals surface area contributed by atoms with Crippen molar-refractivity contribution in [3.63, 3.8) is 0 Å². The van der Waals surface area contributed by atoms with Gasteiger partial charge in [0.25, 0.3) is 5.91 Å². The van der Waals surface area contributed by atoms with E-state index in [1.807, 2.05) is 19.1 Å². The molecule has 2 aromatic carbocycles. The molecular formula is C28H41N3O4S. The zero-order valence-electron chi connectivity index (χ0n) is 21.8. The van der Waals surface area contributed by atoms with Gasteiger partial charge in [-0.3, -0.25) is 9.69 Å². The van der Waals surface area contributed by atoms with E-state index < -0.39 is 6.03 Å². The van der Waals surface area contributed by atoms with Gasteiger partial charge in [-0.1, -0.05) is 58.8 Å². The molecule has 36 heavy (non-hydrogen) atoms. The van der Waals surface area contributed by atoms with Crippen LogP contribution in [0, 0.1) is 0 Å². The van der Waals surface area contributed by atoms with Crippen molar-refractivity contribution in [2.24, 2.45) is 5.73 Å². The molecule has 0 heterocycles. The molecule has 8 heteroatoms. The van der Waals surface area contributed by atoms with Gasteiger partial charge in [-0.15, -0.1) is 0 Å². The van der Waals surface area contributed by atoms with E-state index in [2.05, 4.69) is 24.9 Å². The van der Waals surface area contributed by atoms with Crippen molar-refractivity contribution >= 4 is 35.9 Å². The van der Waals surface area contributed by atoms with Gasteiger partial charge in [0.15, 0.2) is 0 Å². The van der Waals surface area contributed by atoms with Crippen LogP contribution in [0.25, 0.3) is 0 Å². The molecule has 0 aliphatic carbocycles. The third-order valence-electron chi connectivity index (χ3n) is 5.82. The lowest BCUT2D eigenvalue weighted by Crippen LogP contribution is -2.32. The molecule has 2 rings (SSSR count). The van der Waals surface area contributed by atoms with E-state index in [-0.39, 0.29) is 11.2 Å². The third kappa shape index (κ3) is 9.64. The second-order valence-electron chi connectivity index (χ2n) is 8.94. The zero-order valence-corrected chi connectivity index (χ0v) is 22.7. The number of rotatable bonds is 16. The summed E-state index contributed by atoms with van der Waals surface area (Å²) in [6.45, 7) is 5.20. The van der Waals surface area contributed by atoms with Crippen LogP contribution in [0.5, 0.6) is 11.5 Å². The van der Waals surface area contributed by atoms with Crippen LogP contribution in [0.15, 0.2) is 42.5 Å². The van der Waals surface area contributed by atoms with Crippen LogP contribution in [0.3, 0.4) is 0 Å². The summed E-state index contributed by atoms with van der Waals surface area (Å²) < 4.78 is 11.3. The highest BCUT2D eigenvalue weighted by Crippen LogP contribution is 2.35. The van der Waals surface area contributed by atoms with Gasteiger partial charge in [0.2, 0.25) is 0 Å². The summed E-state index contributed by atoms with van der Waals surface area (Å²) in [7, 11) is 1.50. The number of benzene rings is 2. The van der Waals surface area contributed by atoms with Gasteiger partial charge in [-0.05, 0) is 48.9 Å². The number of nitrogens with one attached hydrogen (secondary N) is 1. The number of hydrogen-bond acceptors (Lipinski definition) is 5. The van der Waals surface area contributed by atoms with Crippen molar-refractivity contribution in [1.82, 2.24) is 5.32 Å². The average Bonchev–Trinajstić information content (AvgIpc) is 2.87. The molecule has 0 radical (unpaired) electrons. The van der Waals surface area contributed by atoms with E-state index in [0.717, 1.165) is 18.6 Å². The van der Waals surface area contributed by atoms with Gasteiger partial charge in [-0.2, -0.15) is 12.6 Å². The van der Waals surface area contributed by atoms with Gasteiger partial charge >= 0.3 is 6.03 Å². The Morgan fingerprint density at radius 3 is 2.22 bits per heavy atom. The SMILES string of the molecule is CCCCCCCCCCOc1ccc(N(C(N)=O)c2cc(C(=O)NCC(C)S)ccc2OC)cc1. The minimum absolute atomic E-state index is 0.0186. The molecule has 0 saturated carbocycles. The number of hydrogen-bond donors (Lipinski definition) is 3. The number of primary amides is 1. The highest BCUT2D eigenvalue weighted by atomic mass is 32.1. The van der Waals surface area contributed by atoms with Crippen LogP contribution in [-0.2, 0) is 0 Å². The zero-order chi connectivity index (χ0) is 26.3. The maximum absolute atomic E-state index is 12.6. The molecule has 2 aromatic rings. The molecule has 0 spiro atoms. The van der Waals surface area contributed by atoms with Crippen LogP contribution in [0.1, 0.15) is 75.6 Å². The molecular weight excluding hydrogens is 474 g/mol. The standard InChI is InChI=1S/C28H41N3O4S/c1-4-5-6-7-8-9-10-11-18-35-24-15-13-23(14-16-24)31(28(29)33)25-19-22(12-17-26(25)34-3)27(32)30-20-21(2)36/h12-17,19,21,36H,4-11,18,20H2,1-3H3,(H2,29,33)(H,30,32). The third-order valence-corrected chi connectivity index (χ3v) is 6.00. The summed E-state index contributed by atoms with van der Waals surface area (Å²) in [6.07, 6.45) is 9.97. The number of ether oxygens (including phenoxy) is 2. The Balaban J connectivity index is 2.03. The fourth-order valence-electron chi connectivity index (χ4n) is 3.85. The summed E-state index contributed by atoms with van der Waals surface area (Å²) in [6, 6.07) is 11.3. The lowest BCUT2D eigenvalue weighted by Gasteiger charge is -2.23. The molecule has 1 unspecified atom stereocenters. The van der Waals surface area contributed by atoms with Crippen LogP contribution >= 0.6 is 12.6 Å². The van der Waals surface area contributed by atoms with Crippen molar-refractivity contribution in [3.8, 4) is 11.5 Å². The van der Waals surface area contributed by atoms with Crippen LogP contribution in [-0.4, -0.2) is 37.4 Å². The summed E-state index contributed by atoms with van der Waals surface area (Å²) in [5.74, 6) is 0.879. The molecule has 3 N–H and O–H groups in total. The molecule has 0 fully saturated rings. The second-order valence-corrected chi connectivity index (χ2v) is 9.82. The largest absolute Gasteiger partial charge is 0.495 e. The first-order valence-corrected chi connectivity index (χ1v) is 13.4. The number of carbonyl (C=O) groups excluding carboxylic acids is 2. The van der Waals surface area contributed by atoms with Crippen molar-refractivity contribution in [3.05, 3.63) is 48.0 Å². The van der Waals surface area contributed by atoms with Crippen LogP contribution in [0.2, 0.25) is 0 Å². The van der Waals surface area contributed by atoms with Crippen molar-refractivity contribution in [2.45, 2.75) is 70.5 Å². The van der Waals surface area contributed by atoms with E-state index >= 15 is 0 Å². The van der Waals surface area contributed by atoms with Crippen molar-refractivity contribution < 1.29 is 19.1 Å². The van der Waals surface area contributed by atoms with E-state index in [1.165, 1.54) is 50.5 Å². The Bertz CT molecular complexity index is 950. The molecule has 3 amide bonds. The molecule has 0 aliphatic rings. The Kier molecular flexibility index (Phi) is 13.0. The van der Waals surface area contributed by atoms with Crippen LogP contribution < -0.4 is 25.4 Å². The maximum Gasteiger partial charge on any atom is 0.324 e. The molecule has 0 aliphatic heterocycles. The first kappa shape index (κ1) is 29.4. The number of nitrogens with two attached hydrogens (primary N) is 1. The van der Waals surface area contributed by atoms with Gasteiger partial charge in [0.05, 0.1) is 25.1 Å². The number of unbranched alkanes of at least 4 members (excludes halogenated alkanes) is 7. The Hall–Kier alpha value is -2.87. The van der Waals surface area contributed by atoms with E-state index in [4.69, 9.17) is 15.2 Å². The predicted octanol–water partition coefficient (Wildman–Crippen LogP) is 6.48. The lowest BCUT2D eigenvalue weighted by atomic mass is 10.1. The quantitative estimate of drug-likeness (QED) is 0.176. The number of nitrogens with zero attached hydrogens (tertiary/aromatic N) is 1. The summed E-state index contributed by atoms with van der Waals surface area (Å²) >= 11 is 4.29. The first-order chi connectivity index (χ1) is 17.4. The summed E-state index contributed by atoms with van der Waals surface area (Å²) in [4.78, 5) is 26.3. The Morgan fingerprint density at radius 1 is 1.00 bits per heavy atom. The molecule has 198 valence electrons. The Labute approximate surface area is 221 Å². The number of urea groups is 1. The minimum atomic E-state index is -0.692. The monoisotopic (exact) mass is 515 g/mol. The van der Waals surface area contributed by atoms with Gasteiger partial charge < -0.3 is 20.5 Å². The summed E-state index contributed by atoms with van der Waals surface area (Å²) in [5, 5.41) is 2.83. The Morgan fingerprint density at radius 2 is 1.64 bits per heavy atom. The number of anilines is 2. The van der Waals surface area contributed by atoms with Crippen molar-refractivity contribution in [2.75, 3.05) is 25.2 Å². The second kappa shape index (κ2) is 16.0. The number of amides is 3. The number of thiol groups is 1. The lowest BCUT2D eigenvalue weighted by molar-refractivity contribution is 0.0954. The fraction of sp³-hybridized carbons (Fsp3) is 0.500. The minimum Gasteiger partial charge on any atom is -0.495 e. The fourth-order valence-corrected chi connectivity index (χ4v) is 3.94. The highest BCUT2D eigenvalue weighted by Gasteiger charge is 2.21. The molecule has 0 aromatic heterocycles. The topological polar surface area (TPSA) is 93.9 Å². The highest BCUT2D eigenvalue weighted by molar-refractivity contribution is 7.80. The van der Waals surface area contributed by atoms with E-state index in [1.54, 1.807) is 30.3 Å². The van der Waals surface area contributed by atoms with E-state index in [9.17, 15) is 9.59 Å². The maximum atomic E-state index is 12.6. The predicted molar refractivity (Wildman–Crippen MR) is 150 cm³/mol. The number of methoxy groups -OCH3 is 1. The number of carbonyl (C=O) groups is 2. The first-order valence-electron chi connectivity index (χ1n) is 12.8. The van der Waals surface area contributed by atoms with Gasteiger partial charge in [-0.25, -0.2) is 4.79 Å². The van der Waals surface area contributed by atoms with Gasteiger partial charge in [0, 0.05) is 17.4 Å². The van der Waals surface area contributed by atoms with Crippen molar-refractivity contribution in [1.29, 1.82) is 0 Å². The smallest absolute Gasteiger partial charge is 0.324 e. The molecule has 1 atom stereocenters. The van der Waals surface area contributed by atoms with Crippen LogP contribution in [0.4, 0.5) is 16.2 Å². The molecule has 7 nitrogen and oxygen atoms in total.